The van der Waals surface area contributed by atoms with E-state index < -0.39 is 10.7 Å². The summed E-state index contributed by atoms with van der Waals surface area (Å²) in [6, 6.07) is 0. The van der Waals surface area contributed by atoms with Crippen molar-refractivity contribution in [2.75, 3.05) is 0 Å². The molecular weight excluding hydrogens is 344 g/mol. The van der Waals surface area contributed by atoms with Gasteiger partial charge in [0.25, 0.3) is 0 Å². The van der Waals surface area contributed by atoms with Crippen LogP contribution in [0.3, 0.4) is 0 Å². The summed E-state index contributed by atoms with van der Waals surface area (Å²) in [6.45, 7) is 1.36. The Hall–Kier alpha value is 1.62. The van der Waals surface area contributed by atoms with Crippen LogP contribution < -0.4 is 0 Å². The van der Waals surface area contributed by atoms with Crippen LogP contribution in [0.4, 0.5) is 0 Å². The van der Waals surface area contributed by atoms with E-state index in [1.54, 1.807) is 0 Å². The summed E-state index contributed by atoms with van der Waals surface area (Å²) in [5.74, 6) is -0.282. The van der Waals surface area contributed by atoms with Crippen molar-refractivity contribution in [1.82, 2.24) is 0 Å². The molecule has 0 amide bonds. The summed E-state index contributed by atoms with van der Waals surface area (Å²) < 4.78 is 4.74. The molecular formula is C2H3Br3O2Ti. The van der Waals surface area contributed by atoms with E-state index in [-0.39, 0.29) is 5.97 Å². The second-order valence-corrected chi connectivity index (χ2v) is 29.7. The Balaban J connectivity index is 3.55. The van der Waals surface area contributed by atoms with Crippen molar-refractivity contribution in [3.63, 3.8) is 0 Å². The van der Waals surface area contributed by atoms with Gasteiger partial charge in [0.05, 0.1) is 0 Å². The molecule has 0 N–H and O–H groups in total. The zero-order valence-corrected chi connectivity index (χ0v) is 10.3. The molecule has 0 aromatic heterocycles. The van der Waals surface area contributed by atoms with Crippen molar-refractivity contribution in [2.45, 2.75) is 6.92 Å². The van der Waals surface area contributed by atoms with Crippen molar-refractivity contribution in [3.05, 3.63) is 0 Å². The molecule has 0 saturated carbocycles. The van der Waals surface area contributed by atoms with E-state index in [0.29, 0.717) is 0 Å². The van der Waals surface area contributed by atoms with Gasteiger partial charge in [-0.25, -0.2) is 0 Å². The Bertz CT molecular complexity index is 97.9. The molecule has 0 spiro atoms. The number of rotatable bonds is 1. The van der Waals surface area contributed by atoms with Crippen LogP contribution in [0, 0.1) is 0 Å². The van der Waals surface area contributed by atoms with Gasteiger partial charge < -0.3 is 0 Å². The molecule has 0 fully saturated rings. The normalized spacial score (nSPS) is 11.0. The third-order valence-electron chi connectivity index (χ3n) is 0.259. The van der Waals surface area contributed by atoms with Crippen molar-refractivity contribution >= 4 is 45.5 Å². The molecule has 0 radical (unpaired) electrons. The van der Waals surface area contributed by atoms with Crippen LogP contribution in [0.1, 0.15) is 6.92 Å². The van der Waals surface area contributed by atoms with Gasteiger partial charge >= 0.3 is 71.2 Å². The van der Waals surface area contributed by atoms with Gasteiger partial charge in [0.1, 0.15) is 0 Å². The minimum absolute atomic E-state index is 0.282. The van der Waals surface area contributed by atoms with Gasteiger partial charge in [-0.3, -0.25) is 0 Å². The number of hydrogen-bond acceptors (Lipinski definition) is 2. The average Bonchev–Trinajstić information content (AvgIpc) is 1.21. The van der Waals surface area contributed by atoms with Gasteiger partial charge in [-0.15, -0.1) is 0 Å². The van der Waals surface area contributed by atoms with Crippen LogP contribution in [0.15, 0.2) is 0 Å². The Morgan fingerprint density at radius 3 is 1.88 bits per heavy atom. The number of carbonyl (C=O) groups excluding carboxylic acids is 1. The molecule has 8 heavy (non-hydrogen) atoms. The molecule has 0 aliphatic heterocycles. The summed E-state index contributed by atoms with van der Waals surface area (Å²) in [6.07, 6.45) is 0. The average molecular weight is 347 g/mol. The third-order valence-corrected chi connectivity index (χ3v) is 3.07. The maximum absolute atomic E-state index is 10.2. The van der Waals surface area contributed by atoms with E-state index in [2.05, 4.69) is 39.5 Å². The topological polar surface area (TPSA) is 26.3 Å². The summed E-state index contributed by atoms with van der Waals surface area (Å²) in [5.41, 5.74) is 0. The number of hydrogen-bond donors (Lipinski definition) is 0. The summed E-state index contributed by atoms with van der Waals surface area (Å²) in [4.78, 5) is 10.2. The Kier molecular flexibility index (Phi) is 4.46. The van der Waals surface area contributed by atoms with Gasteiger partial charge in [-0.1, -0.05) is 0 Å². The molecule has 48 valence electrons. The van der Waals surface area contributed by atoms with Gasteiger partial charge in [0.2, 0.25) is 0 Å². The van der Waals surface area contributed by atoms with Gasteiger partial charge in [-0.2, -0.15) is 0 Å². The van der Waals surface area contributed by atoms with Crippen molar-refractivity contribution in [3.8, 4) is 0 Å². The molecule has 2 nitrogen and oxygen atoms in total. The minimum atomic E-state index is -2.57. The SMILES string of the molecule is CC(=O)[O][Ti]([Br])([Br])[Br]. The van der Waals surface area contributed by atoms with Gasteiger partial charge in [0, 0.05) is 0 Å². The van der Waals surface area contributed by atoms with Gasteiger partial charge in [0.15, 0.2) is 0 Å². The van der Waals surface area contributed by atoms with E-state index in [0.717, 1.165) is 0 Å². The van der Waals surface area contributed by atoms with Crippen molar-refractivity contribution in [2.24, 2.45) is 0 Å². The molecule has 0 aliphatic rings. The maximum atomic E-state index is 10.2. The van der Waals surface area contributed by atoms with E-state index in [1.165, 1.54) is 6.92 Å². The van der Waals surface area contributed by atoms with Crippen molar-refractivity contribution < 1.29 is 18.8 Å². The predicted octanol–water partition coefficient (Wildman–Crippen LogP) is 2.55. The first-order chi connectivity index (χ1) is 3.42. The Morgan fingerprint density at radius 1 is 1.50 bits per heavy atom. The van der Waals surface area contributed by atoms with Crippen LogP contribution >= 0.6 is 39.5 Å². The van der Waals surface area contributed by atoms with Crippen LogP contribution in [0.25, 0.3) is 0 Å². The fourth-order valence-corrected chi connectivity index (χ4v) is 3.49. The van der Waals surface area contributed by atoms with Crippen LogP contribution in [-0.2, 0) is 18.8 Å². The van der Waals surface area contributed by atoms with E-state index >= 15 is 0 Å². The summed E-state index contributed by atoms with van der Waals surface area (Å²) in [7, 11) is -2.57. The molecule has 0 heterocycles. The first-order valence-corrected chi connectivity index (χ1v) is 13.9. The molecule has 0 rings (SSSR count). The van der Waals surface area contributed by atoms with E-state index in [9.17, 15) is 4.79 Å². The fourth-order valence-electron chi connectivity index (χ4n) is 0.163. The number of halogens is 3. The molecule has 0 unspecified atom stereocenters. The second kappa shape index (κ2) is 3.71. The standard InChI is InChI=1S/C2H4O2.3BrH.Ti/c1-2(3)4;;;;/h1H3,(H,3,4);3*1H;/q;;;;+4/p-4. The molecule has 0 bridgehead atoms. The monoisotopic (exact) mass is 344 g/mol. The zero-order valence-electron chi connectivity index (χ0n) is 3.95. The van der Waals surface area contributed by atoms with Crippen LogP contribution in [-0.4, -0.2) is 5.97 Å². The number of carbonyl (C=O) groups is 1. The quantitative estimate of drug-likeness (QED) is 0.682. The van der Waals surface area contributed by atoms with Crippen LogP contribution in [0.2, 0.25) is 0 Å². The van der Waals surface area contributed by atoms with Gasteiger partial charge in [-0.05, 0) is 0 Å². The molecule has 0 atom stereocenters. The second-order valence-electron chi connectivity index (χ2n) is 1.04. The van der Waals surface area contributed by atoms with Crippen LogP contribution in [0.5, 0.6) is 0 Å². The zero-order chi connectivity index (χ0) is 6.78. The van der Waals surface area contributed by atoms with Crippen molar-refractivity contribution in [1.29, 1.82) is 0 Å². The van der Waals surface area contributed by atoms with E-state index in [4.69, 9.17) is 3.32 Å². The molecule has 0 aliphatic carbocycles. The first-order valence-electron chi connectivity index (χ1n) is 1.68. The third kappa shape index (κ3) is 7.62. The predicted molar refractivity (Wildman–Crippen MR) is 38.5 cm³/mol. The molecule has 0 saturated heterocycles. The molecule has 0 aromatic rings. The summed E-state index contributed by atoms with van der Waals surface area (Å²) in [5, 5.41) is 0. The van der Waals surface area contributed by atoms with E-state index in [1.807, 2.05) is 0 Å². The molecule has 0 aromatic carbocycles. The summed E-state index contributed by atoms with van der Waals surface area (Å²) >= 11 is 9.47. The Morgan fingerprint density at radius 2 is 1.88 bits per heavy atom. The first kappa shape index (κ1) is 9.62. The fraction of sp³-hybridized carbons (Fsp3) is 0.500. The Labute approximate surface area is 70.3 Å². The molecule has 6 heteroatoms.